The van der Waals surface area contributed by atoms with E-state index in [-0.39, 0.29) is 16.3 Å². The van der Waals surface area contributed by atoms with Crippen LogP contribution in [0, 0.1) is 6.92 Å². The highest BCUT2D eigenvalue weighted by Crippen LogP contribution is 2.34. The molecule has 0 unspecified atom stereocenters. The van der Waals surface area contributed by atoms with Crippen molar-refractivity contribution in [3.63, 3.8) is 0 Å². The van der Waals surface area contributed by atoms with E-state index in [1.165, 1.54) is 19.2 Å². The molecule has 30 heavy (non-hydrogen) atoms. The Bertz CT molecular complexity index is 1280. The molecule has 0 saturated carbocycles. The third-order valence-electron chi connectivity index (χ3n) is 4.54. The van der Waals surface area contributed by atoms with Crippen molar-refractivity contribution in [1.82, 2.24) is 4.98 Å². The highest BCUT2D eigenvalue weighted by Gasteiger charge is 2.18. The number of rotatable bonds is 4. The normalized spacial score (nSPS) is 11.0. The third kappa shape index (κ3) is 3.97. The van der Waals surface area contributed by atoms with Crippen LogP contribution in [-0.2, 0) is 0 Å². The molecule has 0 aliphatic carbocycles. The summed E-state index contributed by atoms with van der Waals surface area (Å²) < 4.78 is 11.1. The number of benzene rings is 3. The zero-order chi connectivity index (χ0) is 21.4. The fraction of sp³-hybridized carbons (Fsp3) is 0.0909. The van der Waals surface area contributed by atoms with Gasteiger partial charge in [0, 0.05) is 21.3 Å². The molecule has 1 heterocycles. The molecule has 0 radical (unpaired) electrons. The Hall–Kier alpha value is -2.73. The molecule has 1 amide bonds. The molecule has 0 bridgehead atoms. The molecule has 4 aromatic rings. The molecule has 4 rings (SSSR count). The summed E-state index contributed by atoms with van der Waals surface area (Å²) in [6.07, 6.45) is 0. The number of halogens is 3. The first-order valence-electron chi connectivity index (χ1n) is 8.87. The Morgan fingerprint density at radius 1 is 1.03 bits per heavy atom. The monoisotopic (exact) mass is 460 g/mol. The highest BCUT2D eigenvalue weighted by molar-refractivity contribution is 6.36. The molecule has 8 heteroatoms. The van der Waals surface area contributed by atoms with Crippen LogP contribution in [0.2, 0.25) is 15.1 Å². The van der Waals surface area contributed by atoms with Crippen LogP contribution < -0.4 is 10.1 Å². The van der Waals surface area contributed by atoms with Crippen molar-refractivity contribution >= 4 is 57.5 Å². The molecular formula is C22H15Cl3N2O3. The number of nitrogens with one attached hydrogen (secondary N) is 1. The minimum Gasteiger partial charge on any atom is -0.494 e. The van der Waals surface area contributed by atoms with E-state index in [0.717, 1.165) is 5.56 Å². The number of carbonyl (C=O) groups is 1. The van der Waals surface area contributed by atoms with Crippen LogP contribution in [0.5, 0.6) is 5.75 Å². The number of hydrogen-bond donors (Lipinski definition) is 1. The second-order valence-corrected chi connectivity index (χ2v) is 7.86. The van der Waals surface area contributed by atoms with Gasteiger partial charge in [0.2, 0.25) is 5.89 Å². The number of fused-ring (bicyclic) bond motifs is 1. The van der Waals surface area contributed by atoms with Crippen molar-refractivity contribution < 1.29 is 13.9 Å². The van der Waals surface area contributed by atoms with Crippen LogP contribution in [0.25, 0.3) is 22.6 Å². The van der Waals surface area contributed by atoms with E-state index in [0.29, 0.717) is 38.3 Å². The van der Waals surface area contributed by atoms with Crippen molar-refractivity contribution in [3.05, 3.63) is 74.7 Å². The second-order valence-electron chi connectivity index (χ2n) is 6.58. The van der Waals surface area contributed by atoms with Crippen LogP contribution in [0.4, 0.5) is 5.69 Å². The summed E-state index contributed by atoms with van der Waals surface area (Å²) in [6.45, 7) is 1.88. The molecule has 1 aromatic heterocycles. The molecule has 152 valence electrons. The predicted octanol–water partition coefficient (Wildman–Crippen LogP) is 7.02. The lowest BCUT2D eigenvalue weighted by Crippen LogP contribution is -2.14. The van der Waals surface area contributed by atoms with Crippen LogP contribution in [-0.4, -0.2) is 18.0 Å². The molecule has 0 atom stereocenters. The lowest BCUT2D eigenvalue weighted by atomic mass is 10.1. The molecular weight excluding hydrogens is 447 g/mol. The summed E-state index contributed by atoms with van der Waals surface area (Å²) in [5.74, 6) is 0.273. The van der Waals surface area contributed by atoms with E-state index in [9.17, 15) is 4.79 Å². The van der Waals surface area contributed by atoms with Gasteiger partial charge in [0.25, 0.3) is 5.91 Å². The predicted molar refractivity (Wildman–Crippen MR) is 120 cm³/mol. The smallest absolute Gasteiger partial charge is 0.259 e. The molecule has 0 aliphatic rings. The van der Waals surface area contributed by atoms with E-state index in [1.54, 1.807) is 24.3 Å². The second kappa shape index (κ2) is 8.19. The summed E-state index contributed by atoms with van der Waals surface area (Å²) in [4.78, 5) is 17.4. The number of aryl methyl sites for hydroxylation is 1. The van der Waals surface area contributed by atoms with Gasteiger partial charge >= 0.3 is 0 Å². The average Bonchev–Trinajstić information content (AvgIpc) is 3.12. The first kappa shape index (κ1) is 20.5. The van der Waals surface area contributed by atoms with E-state index >= 15 is 0 Å². The fourth-order valence-electron chi connectivity index (χ4n) is 3.04. The number of carbonyl (C=O) groups excluding carboxylic acids is 1. The van der Waals surface area contributed by atoms with Crippen LogP contribution in [0.3, 0.4) is 0 Å². The molecule has 0 aliphatic heterocycles. The van der Waals surface area contributed by atoms with E-state index in [2.05, 4.69) is 10.3 Å². The summed E-state index contributed by atoms with van der Waals surface area (Å²) >= 11 is 18.2. The number of anilines is 1. The van der Waals surface area contributed by atoms with Gasteiger partial charge in [-0.3, -0.25) is 4.79 Å². The largest absolute Gasteiger partial charge is 0.494 e. The number of hydrogen-bond acceptors (Lipinski definition) is 4. The van der Waals surface area contributed by atoms with Crippen LogP contribution >= 0.6 is 34.8 Å². The van der Waals surface area contributed by atoms with Crippen molar-refractivity contribution in [3.8, 4) is 17.2 Å². The molecule has 0 spiro atoms. The summed E-state index contributed by atoms with van der Waals surface area (Å²) in [5, 5.41) is 4.05. The van der Waals surface area contributed by atoms with Gasteiger partial charge in [0.1, 0.15) is 11.3 Å². The van der Waals surface area contributed by atoms with Gasteiger partial charge in [-0.1, -0.05) is 40.9 Å². The maximum atomic E-state index is 12.9. The molecule has 1 N–H and O–H groups in total. The van der Waals surface area contributed by atoms with Gasteiger partial charge in [-0.2, -0.15) is 0 Å². The standard InChI is InChI=1S/C22H15Cl3N2O3/c1-11-3-4-12(22-27-18-10-13(23)5-6-19(18)30-22)7-17(11)26-21(28)15-8-14(24)9-16(25)20(15)29-2/h3-10H,1-2H3,(H,26,28). The Balaban J connectivity index is 1.69. The Kier molecular flexibility index (Phi) is 5.60. The summed E-state index contributed by atoms with van der Waals surface area (Å²) in [6, 6.07) is 13.8. The van der Waals surface area contributed by atoms with Crippen LogP contribution in [0.1, 0.15) is 15.9 Å². The van der Waals surface area contributed by atoms with Gasteiger partial charge in [-0.25, -0.2) is 4.98 Å². The van der Waals surface area contributed by atoms with Gasteiger partial charge in [0.15, 0.2) is 5.58 Å². The maximum absolute atomic E-state index is 12.9. The number of methoxy groups -OCH3 is 1. The molecule has 5 nitrogen and oxygen atoms in total. The van der Waals surface area contributed by atoms with E-state index in [4.69, 9.17) is 44.0 Å². The van der Waals surface area contributed by atoms with Crippen molar-refractivity contribution in [2.75, 3.05) is 12.4 Å². The van der Waals surface area contributed by atoms with Crippen molar-refractivity contribution in [1.29, 1.82) is 0 Å². The fourth-order valence-corrected chi connectivity index (χ4v) is 3.78. The minimum atomic E-state index is -0.402. The van der Waals surface area contributed by atoms with Gasteiger partial charge in [-0.05, 0) is 55.0 Å². The van der Waals surface area contributed by atoms with E-state index in [1.807, 2.05) is 19.1 Å². The minimum absolute atomic E-state index is 0.233. The van der Waals surface area contributed by atoms with Crippen LogP contribution in [0.15, 0.2) is 52.9 Å². The number of aromatic nitrogens is 1. The van der Waals surface area contributed by atoms with Crippen molar-refractivity contribution in [2.24, 2.45) is 0 Å². The topological polar surface area (TPSA) is 64.4 Å². The number of amides is 1. The van der Waals surface area contributed by atoms with E-state index < -0.39 is 5.91 Å². The Labute approximate surface area is 187 Å². The first-order valence-corrected chi connectivity index (χ1v) is 10.0. The first-order chi connectivity index (χ1) is 14.4. The van der Waals surface area contributed by atoms with Gasteiger partial charge in [0.05, 0.1) is 17.7 Å². The SMILES string of the molecule is COc1c(Cl)cc(Cl)cc1C(=O)Nc1cc(-c2nc3cc(Cl)ccc3o2)ccc1C. The summed E-state index contributed by atoms with van der Waals surface area (Å²) in [5.41, 5.74) is 3.67. The zero-order valence-electron chi connectivity index (χ0n) is 15.9. The number of ether oxygens (including phenoxy) is 1. The molecule has 0 fully saturated rings. The number of nitrogens with zero attached hydrogens (tertiary/aromatic N) is 1. The number of oxazole rings is 1. The van der Waals surface area contributed by atoms with Gasteiger partial charge in [-0.15, -0.1) is 0 Å². The quantitative estimate of drug-likeness (QED) is 0.354. The maximum Gasteiger partial charge on any atom is 0.259 e. The molecule has 0 saturated heterocycles. The lowest BCUT2D eigenvalue weighted by molar-refractivity contribution is 0.102. The Morgan fingerprint density at radius 3 is 2.60 bits per heavy atom. The Morgan fingerprint density at radius 2 is 1.83 bits per heavy atom. The zero-order valence-corrected chi connectivity index (χ0v) is 18.2. The van der Waals surface area contributed by atoms with Gasteiger partial charge < -0.3 is 14.5 Å². The highest BCUT2D eigenvalue weighted by atomic mass is 35.5. The third-order valence-corrected chi connectivity index (χ3v) is 5.27. The summed E-state index contributed by atoms with van der Waals surface area (Å²) in [7, 11) is 1.44. The average molecular weight is 462 g/mol. The van der Waals surface area contributed by atoms with Crippen molar-refractivity contribution in [2.45, 2.75) is 6.92 Å². The lowest BCUT2D eigenvalue weighted by Gasteiger charge is -2.13. The molecule has 3 aromatic carbocycles.